The summed E-state index contributed by atoms with van der Waals surface area (Å²) >= 11 is 8.78. The minimum absolute atomic E-state index is 0.126. The van der Waals surface area contributed by atoms with Crippen LogP contribution in [0, 0.1) is 0 Å². The van der Waals surface area contributed by atoms with Crippen molar-refractivity contribution in [2.45, 2.75) is 6.42 Å². The monoisotopic (exact) mass is 378 g/mol. The lowest BCUT2D eigenvalue weighted by Gasteiger charge is -2.03. The number of anilines is 1. The first-order valence-electron chi connectivity index (χ1n) is 7.07. The summed E-state index contributed by atoms with van der Waals surface area (Å²) in [5.74, 6) is 1.25. The number of benzene rings is 1. The number of hydrogen-bond acceptors (Lipinski definition) is 6. The van der Waals surface area contributed by atoms with Gasteiger partial charge in [0.25, 0.3) is 0 Å². The van der Waals surface area contributed by atoms with Gasteiger partial charge in [0.15, 0.2) is 16.6 Å². The van der Waals surface area contributed by atoms with Gasteiger partial charge in [-0.15, -0.1) is 22.7 Å². The molecule has 24 heavy (non-hydrogen) atoms. The van der Waals surface area contributed by atoms with Crippen LogP contribution in [0.3, 0.4) is 0 Å². The van der Waals surface area contributed by atoms with Gasteiger partial charge < -0.3 is 14.8 Å². The van der Waals surface area contributed by atoms with Gasteiger partial charge in [-0.25, -0.2) is 4.98 Å². The van der Waals surface area contributed by atoms with E-state index < -0.39 is 0 Å². The van der Waals surface area contributed by atoms with Crippen LogP contribution in [0.4, 0.5) is 5.13 Å². The lowest BCUT2D eigenvalue weighted by atomic mass is 10.1. The maximum atomic E-state index is 12.2. The topological polar surface area (TPSA) is 60.5 Å². The summed E-state index contributed by atoms with van der Waals surface area (Å²) in [6.07, 6.45) is 0.246. The molecule has 0 unspecified atom stereocenters. The molecule has 0 saturated carbocycles. The van der Waals surface area contributed by atoms with Gasteiger partial charge in [-0.1, -0.05) is 17.7 Å². The molecule has 1 aromatic carbocycles. The molecule has 0 fully saturated rings. The van der Waals surface area contributed by atoms with Crippen LogP contribution in [0.25, 0.3) is 10.6 Å². The molecule has 0 saturated heterocycles. The second-order valence-electron chi connectivity index (χ2n) is 5.05. The number of nitrogens with one attached hydrogen (secondary N) is 1. The quantitative estimate of drug-likeness (QED) is 0.729. The molecule has 1 amide bonds. The third kappa shape index (κ3) is 3.24. The van der Waals surface area contributed by atoms with Crippen molar-refractivity contribution in [1.29, 1.82) is 0 Å². The summed E-state index contributed by atoms with van der Waals surface area (Å²) in [5.41, 5.74) is 1.67. The molecule has 122 valence electrons. The van der Waals surface area contributed by atoms with Gasteiger partial charge in [0.1, 0.15) is 0 Å². The Kier molecular flexibility index (Phi) is 4.13. The summed E-state index contributed by atoms with van der Waals surface area (Å²) in [6, 6.07) is 9.24. The van der Waals surface area contributed by atoms with Crippen molar-refractivity contribution in [2.24, 2.45) is 0 Å². The van der Waals surface area contributed by atoms with Gasteiger partial charge in [-0.05, 0) is 29.8 Å². The highest BCUT2D eigenvalue weighted by Crippen LogP contribution is 2.34. The molecule has 0 aliphatic carbocycles. The van der Waals surface area contributed by atoms with E-state index in [1.807, 2.05) is 35.7 Å². The number of rotatable bonds is 4. The molecule has 0 atom stereocenters. The Morgan fingerprint density at radius 2 is 2.12 bits per heavy atom. The van der Waals surface area contributed by atoms with Crippen LogP contribution in [0.15, 0.2) is 35.7 Å². The summed E-state index contributed by atoms with van der Waals surface area (Å²) in [4.78, 5) is 17.6. The number of aromatic nitrogens is 1. The minimum Gasteiger partial charge on any atom is -0.454 e. The normalized spacial score (nSPS) is 12.4. The van der Waals surface area contributed by atoms with Crippen molar-refractivity contribution < 1.29 is 14.3 Å². The lowest BCUT2D eigenvalue weighted by Crippen LogP contribution is -2.14. The van der Waals surface area contributed by atoms with Gasteiger partial charge in [0, 0.05) is 5.38 Å². The molecule has 0 spiro atoms. The second kappa shape index (κ2) is 6.43. The maximum absolute atomic E-state index is 12.2. The fourth-order valence-electron chi connectivity index (χ4n) is 2.30. The molecular weight excluding hydrogens is 368 g/mol. The van der Waals surface area contributed by atoms with Crippen molar-refractivity contribution in [1.82, 2.24) is 4.98 Å². The number of amides is 1. The van der Waals surface area contributed by atoms with E-state index in [2.05, 4.69) is 10.3 Å². The summed E-state index contributed by atoms with van der Waals surface area (Å²) in [7, 11) is 0. The van der Waals surface area contributed by atoms with E-state index in [-0.39, 0.29) is 19.1 Å². The smallest absolute Gasteiger partial charge is 0.231 e. The molecule has 5 nitrogen and oxygen atoms in total. The fourth-order valence-corrected chi connectivity index (χ4v) is 4.10. The van der Waals surface area contributed by atoms with E-state index in [4.69, 9.17) is 21.1 Å². The minimum atomic E-state index is -0.126. The second-order valence-corrected chi connectivity index (χ2v) is 7.63. The van der Waals surface area contributed by atoms with Crippen LogP contribution in [0.2, 0.25) is 4.34 Å². The van der Waals surface area contributed by atoms with Gasteiger partial charge in [-0.3, -0.25) is 4.79 Å². The number of thiazole rings is 1. The number of thiophene rings is 1. The SMILES string of the molecule is O=C(Cc1ccc2c(c1)OCO2)Nc1nc(-c2ccc(Cl)s2)cs1. The summed E-state index contributed by atoms with van der Waals surface area (Å²) < 4.78 is 11.3. The Balaban J connectivity index is 1.42. The average molecular weight is 379 g/mol. The molecule has 3 aromatic rings. The standard InChI is InChI=1S/C16H11ClN2O3S2/c17-14-4-3-13(24-14)10-7-23-16(18-10)19-15(20)6-9-1-2-11-12(5-9)22-8-21-11/h1-5,7H,6,8H2,(H,18,19,20). The third-order valence-corrected chi connectivity index (χ3v) is 5.39. The van der Waals surface area contributed by atoms with Crippen LogP contribution in [0.5, 0.6) is 11.5 Å². The highest BCUT2D eigenvalue weighted by Gasteiger charge is 2.15. The Bertz CT molecular complexity index is 906. The average Bonchev–Trinajstić information content (AvgIpc) is 3.27. The number of ether oxygens (including phenoxy) is 2. The summed E-state index contributed by atoms with van der Waals surface area (Å²) in [6.45, 7) is 0.222. The number of carbonyl (C=O) groups excluding carboxylic acids is 1. The zero-order valence-corrected chi connectivity index (χ0v) is 14.6. The van der Waals surface area contributed by atoms with Gasteiger partial charge in [-0.2, -0.15) is 0 Å². The predicted molar refractivity (Wildman–Crippen MR) is 95.3 cm³/mol. The van der Waals surface area contributed by atoms with Gasteiger partial charge in [0.05, 0.1) is 21.3 Å². The Labute approximate surface area is 150 Å². The third-order valence-electron chi connectivity index (χ3n) is 3.38. The van der Waals surface area contributed by atoms with Crippen LogP contribution in [0.1, 0.15) is 5.56 Å². The Hall–Kier alpha value is -2.09. The van der Waals surface area contributed by atoms with Crippen molar-refractivity contribution in [2.75, 3.05) is 12.1 Å². The highest BCUT2D eigenvalue weighted by atomic mass is 35.5. The molecule has 1 N–H and O–H groups in total. The van der Waals surface area contributed by atoms with E-state index in [1.165, 1.54) is 22.7 Å². The van der Waals surface area contributed by atoms with E-state index in [1.54, 1.807) is 0 Å². The molecule has 1 aliphatic heterocycles. The molecule has 3 heterocycles. The predicted octanol–water partition coefficient (Wildman–Crippen LogP) is 4.43. The molecule has 1 aliphatic rings. The number of fused-ring (bicyclic) bond motifs is 1. The molecule has 4 rings (SSSR count). The van der Waals surface area contributed by atoms with Crippen LogP contribution < -0.4 is 14.8 Å². The number of halogens is 1. The van der Waals surface area contributed by atoms with E-state index >= 15 is 0 Å². The van der Waals surface area contributed by atoms with Crippen molar-refractivity contribution in [3.05, 3.63) is 45.6 Å². The highest BCUT2D eigenvalue weighted by molar-refractivity contribution is 7.20. The summed E-state index contributed by atoms with van der Waals surface area (Å²) in [5, 5.41) is 5.29. The lowest BCUT2D eigenvalue weighted by molar-refractivity contribution is -0.115. The zero-order valence-electron chi connectivity index (χ0n) is 12.2. The number of nitrogens with zero attached hydrogens (tertiary/aromatic N) is 1. The van der Waals surface area contributed by atoms with Crippen molar-refractivity contribution in [3.63, 3.8) is 0 Å². The number of carbonyl (C=O) groups is 1. The van der Waals surface area contributed by atoms with Crippen molar-refractivity contribution in [3.8, 4) is 22.1 Å². The van der Waals surface area contributed by atoms with E-state index in [9.17, 15) is 4.79 Å². The molecular formula is C16H11ClN2O3S2. The maximum Gasteiger partial charge on any atom is 0.231 e. The Morgan fingerprint density at radius 3 is 2.96 bits per heavy atom. The number of hydrogen-bond donors (Lipinski definition) is 1. The molecule has 0 radical (unpaired) electrons. The van der Waals surface area contributed by atoms with Crippen LogP contribution in [-0.2, 0) is 11.2 Å². The van der Waals surface area contributed by atoms with Gasteiger partial charge >= 0.3 is 0 Å². The fraction of sp³-hybridized carbons (Fsp3) is 0.125. The van der Waals surface area contributed by atoms with E-state index in [0.717, 1.165) is 16.1 Å². The largest absolute Gasteiger partial charge is 0.454 e. The molecule has 2 aromatic heterocycles. The molecule has 0 bridgehead atoms. The van der Waals surface area contributed by atoms with Crippen molar-refractivity contribution >= 4 is 45.3 Å². The van der Waals surface area contributed by atoms with E-state index in [0.29, 0.717) is 21.0 Å². The first-order valence-corrected chi connectivity index (χ1v) is 9.14. The zero-order chi connectivity index (χ0) is 16.5. The first-order chi connectivity index (χ1) is 11.7. The van der Waals surface area contributed by atoms with Crippen LogP contribution >= 0.6 is 34.3 Å². The Morgan fingerprint density at radius 1 is 1.25 bits per heavy atom. The first kappa shape index (κ1) is 15.4. The van der Waals surface area contributed by atoms with Gasteiger partial charge in [0.2, 0.25) is 12.7 Å². The molecule has 8 heteroatoms. The van der Waals surface area contributed by atoms with Crippen LogP contribution in [-0.4, -0.2) is 17.7 Å².